The third-order valence-electron chi connectivity index (χ3n) is 5.28. The summed E-state index contributed by atoms with van der Waals surface area (Å²) < 4.78 is 41.2. The van der Waals surface area contributed by atoms with Crippen molar-refractivity contribution in [1.82, 2.24) is 10.3 Å². The molecule has 9 heteroatoms. The number of nitrogens with one attached hydrogen (secondary N) is 1. The Labute approximate surface area is 185 Å². The highest BCUT2D eigenvalue weighted by Crippen LogP contribution is 2.32. The van der Waals surface area contributed by atoms with E-state index in [1.54, 1.807) is 43.7 Å². The number of nitrogens with zero attached hydrogens (tertiary/aromatic N) is 2. The van der Waals surface area contributed by atoms with Gasteiger partial charge in [0.05, 0.1) is 5.69 Å². The molecule has 0 saturated carbocycles. The van der Waals surface area contributed by atoms with Crippen LogP contribution in [-0.2, 0) is 24.0 Å². The predicted octanol–water partition coefficient (Wildman–Crippen LogP) is 3.20. The van der Waals surface area contributed by atoms with Crippen LogP contribution in [0.2, 0.25) is 0 Å². The summed E-state index contributed by atoms with van der Waals surface area (Å²) in [5.41, 5.74) is 2.23. The molecule has 0 saturated heterocycles. The molecule has 1 aliphatic rings. The Morgan fingerprint density at radius 3 is 2.53 bits per heavy atom. The zero-order valence-corrected chi connectivity index (χ0v) is 17.9. The highest BCUT2D eigenvalue weighted by molar-refractivity contribution is 7.88. The summed E-state index contributed by atoms with van der Waals surface area (Å²) in [6, 6.07) is 11.5. The van der Waals surface area contributed by atoms with Gasteiger partial charge in [-0.25, -0.2) is 13.0 Å². The SMILES string of the molecule is CN1c2ccc(C(=O)NCc3ccncc3)cc2C(=O)C(Cc2ccc(F)c(F)c2)S1=O. The molecule has 6 nitrogen and oxygen atoms in total. The van der Waals surface area contributed by atoms with Crippen molar-refractivity contribution in [3.63, 3.8) is 0 Å². The van der Waals surface area contributed by atoms with Crippen molar-refractivity contribution in [3.8, 4) is 0 Å². The molecule has 0 radical (unpaired) electrons. The van der Waals surface area contributed by atoms with Crippen LogP contribution in [-0.4, -0.2) is 33.2 Å². The van der Waals surface area contributed by atoms with E-state index in [2.05, 4.69) is 10.3 Å². The zero-order valence-electron chi connectivity index (χ0n) is 17.0. The first-order chi connectivity index (χ1) is 15.3. The van der Waals surface area contributed by atoms with E-state index >= 15 is 0 Å². The van der Waals surface area contributed by atoms with E-state index in [9.17, 15) is 22.6 Å². The maximum atomic E-state index is 13.6. The standard InChI is InChI=1S/C23H19F2N3O3S/c1-28-20-5-3-16(23(30)27-13-14-6-8-26-9-7-14)12-17(20)22(29)21(32(28)31)11-15-2-4-18(24)19(25)10-15/h2-10,12,21H,11,13H2,1H3,(H,27,30). The van der Waals surface area contributed by atoms with Crippen molar-refractivity contribution in [2.24, 2.45) is 0 Å². The molecular weight excluding hydrogens is 436 g/mol. The summed E-state index contributed by atoms with van der Waals surface area (Å²) >= 11 is 0. The molecule has 2 heterocycles. The molecule has 3 aromatic rings. The summed E-state index contributed by atoms with van der Waals surface area (Å²) in [5.74, 6) is -2.79. The number of aromatic nitrogens is 1. The van der Waals surface area contributed by atoms with E-state index in [1.807, 2.05) is 0 Å². The number of hydrogen-bond acceptors (Lipinski definition) is 4. The van der Waals surface area contributed by atoms with Gasteiger partial charge in [-0.3, -0.25) is 18.9 Å². The van der Waals surface area contributed by atoms with E-state index in [4.69, 9.17) is 0 Å². The van der Waals surface area contributed by atoms with Gasteiger partial charge in [0.1, 0.15) is 16.2 Å². The van der Waals surface area contributed by atoms with Crippen LogP contribution in [0.4, 0.5) is 14.5 Å². The monoisotopic (exact) mass is 455 g/mol. The Hall–Kier alpha value is -3.46. The second-order valence-electron chi connectivity index (χ2n) is 7.35. The van der Waals surface area contributed by atoms with Crippen LogP contribution in [0.15, 0.2) is 60.9 Å². The Bertz CT molecular complexity index is 1220. The van der Waals surface area contributed by atoms with E-state index in [-0.39, 0.29) is 17.9 Å². The zero-order chi connectivity index (χ0) is 22.8. The molecule has 1 aromatic heterocycles. The second kappa shape index (κ2) is 8.96. The predicted molar refractivity (Wildman–Crippen MR) is 117 cm³/mol. The average Bonchev–Trinajstić information content (AvgIpc) is 2.81. The number of anilines is 1. The molecule has 1 amide bonds. The first kappa shape index (κ1) is 21.8. The minimum Gasteiger partial charge on any atom is -0.348 e. The van der Waals surface area contributed by atoms with Crippen molar-refractivity contribution in [3.05, 3.63) is 94.8 Å². The average molecular weight is 455 g/mol. The minimum atomic E-state index is -1.71. The van der Waals surface area contributed by atoms with Crippen molar-refractivity contribution in [2.45, 2.75) is 18.2 Å². The van der Waals surface area contributed by atoms with Crippen molar-refractivity contribution < 1.29 is 22.6 Å². The third kappa shape index (κ3) is 4.29. The summed E-state index contributed by atoms with van der Waals surface area (Å²) in [4.78, 5) is 29.7. The van der Waals surface area contributed by atoms with Crippen LogP contribution in [0, 0.1) is 11.6 Å². The molecule has 2 unspecified atom stereocenters. The van der Waals surface area contributed by atoms with Gasteiger partial charge in [-0.1, -0.05) is 6.07 Å². The number of ketones is 1. The van der Waals surface area contributed by atoms with E-state index in [1.165, 1.54) is 16.4 Å². The summed E-state index contributed by atoms with van der Waals surface area (Å²) in [7, 11) is -0.125. The van der Waals surface area contributed by atoms with Crippen LogP contribution >= 0.6 is 0 Å². The lowest BCUT2D eigenvalue weighted by molar-refractivity contribution is 0.0951. The molecule has 1 aliphatic heterocycles. The Balaban J connectivity index is 1.57. The van der Waals surface area contributed by atoms with E-state index < -0.39 is 33.7 Å². The van der Waals surface area contributed by atoms with Gasteiger partial charge in [0, 0.05) is 37.1 Å². The maximum Gasteiger partial charge on any atom is 0.251 e. The second-order valence-corrected chi connectivity index (χ2v) is 9.02. The van der Waals surface area contributed by atoms with Crippen molar-refractivity contribution in [1.29, 1.82) is 0 Å². The molecule has 0 fully saturated rings. The molecule has 0 spiro atoms. The van der Waals surface area contributed by atoms with E-state index in [0.29, 0.717) is 23.4 Å². The maximum absolute atomic E-state index is 13.6. The molecule has 164 valence electrons. The number of hydrogen-bond donors (Lipinski definition) is 1. The molecular formula is C23H19F2N3O3S. The number of carbonyl (C=O) groups is 2. The van der Waals surface area contributed by atoms with Gasteiger partial charge in [0.25, 0.3) is 5.91 Å². The highest BCUT2D eigenvalue weighted by Gasteiger charge is 2.37. The number of Topliss-reactive ketones (excluding diaryl/α,β-unsaturated/α-hetero) is 1. The van der Waals surface area contributed by atoms with Crippen molar-refractivity contribution in [2.75, 3.05) is 11.4 Å². The Morgan fingerprint density at radius 2 is 1.81 bits per heavy atom. The molecule has 2 aromatic carbocycles. The first-order valence-electron chi connectivity index (χ1n) is 9.79. The summed E-state index contributed by atoms with van der Waals surface area (Å²) in [5, 5.41) is 1.81. The lowest BCUT2D eigenvalue weighted by Crippen LogP contribution is -2.42. The van der Waals surface area contributed by atoms with Gasteiger partial charge < -0.3 is 5.32 Å². The lowest BCUT2D eigenvalue weighted by atomic mass is 9.98. The normalized spacial score (nSPS) is 17.7. The van der Waals surface area contributed by atoms with Gasteiger partial charge in [0.15, 0.2) is 17.4 Å². The molecule has 0 bridgehead atoms. The topological polar surface area (TPSA) is 79.4 Å². The number of carbonyl (C=O) groups excluding carboxylic acids is 2. The largest absolute Gasteiger partial charge is 0.348 e. The molecule has 1 N–H and O–H groups in total. The fourth-order valence-corrected chi connectivity index (χ4v) is 4.91. The van der Waals surface area contributed by atoms with Crippen LogP contribution < -0.4 is 9.62 Å². The lowest BCUT2D eigenvalue weighted by Gasteiger charge is -2.31. The van der Waals surface area contributed by atoms with Gasteiger partial charge in [0.2, 0.25) is 0 Å². The fraction of sp³-hybridized carbons (Fsp3) is 0.174. The third-order valence-corrected chi connectivity index (χ3v) is 6.88. The number of pyridine rings is 1. The van der Waals surface area contributed by atoms with Crippen LogP contribution in [0.1, 0.15) is 31.8 Å². The molecule has 2 atom stereocenters. The van der Waals surface area contributed by atoms with Crippen LogP contribution in [0.3, 0.4) is 0 Å². The van der Waals surface area contributed by atoms with E-state index in [0.717, 1.165) is 17.7 Å². The van der Waals surface area contributed by atoms with Gasteiger partial charge in [-0.2, -0.15) is 0 Å². The fourth-order valence-electron chi connectivity index (χ4n) is 3.53. The summed E-state index contributed by atoms with van der Waals surface area (Å²) in [6.07, 6.45) is 3.23. The molecule has 32 heavy (non-hydrogen) atoms. The van der Waals surface area contributed by atoms with Crippen molar-refractivity contribution >= 4 is 28.4 Å². The number of benzene rings is 2. The van der Waals surface area contributed by atoms with Gasteiger partial charge in [-0.15, -0.1) is 0 Å². The number of halogens is 2. The molecule has 0 aliphatic carbocycles. The Morgan fingerprint density at radius 1 is 1.06 bits per heavy atom. The molecule has 4 rings (SSSR count). The number of amides is 1. The highest BCUT2D eigenvalue weighted by atomic mass is 32.2. The van der Waals surface area contributed by atoms with Gasteiger partial charge in [-0.05, 0) is 60.0 Å². The summed E-state index contributed by atoms with van der Waals surface area (Å²) in [6.45, 7) is 0.301. The minimum absolute atomic E-state index is 0.0229. The van der Waals surface area contributed by atoms with Gasteiger partial charge >= 0.3 is 0 Å². The van der Waals surface area contributed by atoms with Crippen LogP contribution in [0.5, 0.6) is 0 Å². The first-order valence-corrected chi connectivity index (χ1v) is 11.0. The number of fused-ring (bicyclic) bond motifs is 1. The Kier molecular flexibility index (Phi) is 6.09. The van der Waals surface area contributed by atoms with Crippen LogP contribution in [0.25, 0.3) is 0 Å². The number of rotatable bonds is 5. The quantitative estimate of drug-likeness (QED) is 0.641. The smallest absolute Gasteiger partial charge is 0.251 e.